The van der Waals surface area contributed by atoms with Crippen molar-refractivity contribution in [2.75, 3.05) is 7.11 Å². The maximum atomic E-state index is 5.94. The van der Waals surface area contributed by atoms with Crippen LogP contribution in [0.1, 0.15) is 0 Å². The van der Waals surface area contributed by atoms with Crippen molar-refractivity contribution in [3.63, 3.8) is 0 Å². The minimum absolute atomic E-state index is 0.388. The molecule has 1 aromatic carbocycles. The average Bonchev–Trinajstić information content (AvgIpc) is 2.19. The standard InChI is InChI=1S/C9H6Cl2N2O/c1-14-8-3-7-5(2-6(8)10)9(11)13-4-12-7/h2-4H,1H3. The van der Waals surface area contributed by atoms with E-state index in [1.807, 2.05) is 0 Å². The number of methoxy groups -OCH3 is 1. The molecule has 1 aromatic heterocycles. The quantitative estimate of drug-likeness (QED) is 0.705. The number of fused-ring (bicyclic) bond motifs is 1. The second-order valence-electron chi connectivity index (χ2n) is 2.67. The van der Waals surface area contributed by atoms with E-state index >= 15 is 0 Å². The molecule has 5 heteroatoms. The number of hydrogen-bond acceptors (Lipinski definition) is 3. The fourth-order valence-electron chi connectivity index (χ4n) is 1.18. The first-order valence-corrected chi connectivity index (χ1v) is 4.61. The van der Waals surface area contributed by atoms with E-state index in [1.165, 1.54) is 6.33 Å². The number of aromatic nitrogens is 2. The minimum Gasteiger partial charge on any atom is -0.495 e. The van der Waals surface area contributed by atoms with Crippen molar-refractivity contribution >= 4 is 34.1 Å². The van der Waals surface area contributed by atoms with Crippen LogP contribution in [0, 0.1) is 0 Å². The van der Waals surface area contributed by atoms with Gasteiger partial charge >= 0.3 is 0 Å². The van der Waals surface area contributed by atoms with Crippen LogP contribution >= 0.6 is 23.2 Å². The maximum absolute atomic E-state index is 5.94. The summed E-state index contributed by atoms with van der Waals surface area (Å²) in [6.45, 7) is 0. The predicted molar refractivity (Wildman–Crippen MR) is 56.1 cm³/mol. The topological polar surface area (TPSA) is 35.0 Å². The van der Waals surface area contributed by atoms with E-state index in [2.05, 4.69) is 9.97 Å². The zero-order valence-corrected chi connectivity index (χ0v) is 8.80. The van der Waals surface area contributed by atoms with Crippen LogP contribution in [-0.2, 0) is 0 Å². The smallest absolute Gasteiger partial charge is 0.140 e. The summed E-state index contributed by atoms with van der Waals surface area (Å²) >= 11 is 11.8. The number of benzene rings is 1. The van der Waals surface area contributed by atoms with Crippen LogP contribution in [0.5, 0.6) is 5.75 Å². The van der Waals surface area contributed by atoms with Gasteiger partial charge in [0.2, 0.25) is 0 Å². The molecule has 1 heterocycles. The average molecular weight is 229 g/mol. The van der Waals surface area contributed by atoms with E-state index in [-0.39, 0.29) is 0 Å². The van der Waals surface area contributed by atoms with E-state index in [0.717, 1.165) is 5.39 Å². The van der Waals surface area contributed by atoms with Crippen molar-refractivity contribution < 1.29 is 4.74 Å². The molecule has 0 N–H and O–H groups in total. The summed E-state index contributed by atoms with van der Waals surface area (Å²) in [5, 5.41) is 1.61. The van der Waals surface area contributed by atoms with E-state index < -0.39 is 0 Å². The van der Waals surface area contributed by atoms with Crippen molar-refractivity contribution in [1.29, 1.82) is 0 Å². The van der Waals surface area contributed by atoms with E-state index in [1.54, 1.807) is 19.2 Å². The molecule has 0 spiro atoms. The Labute approximate surface area is 90.6 Å². The molecule has 2 rings (SSSR count). The minimum atomic E-state index is 0.388. The Kier molecular flexibility index (Phi) is 2.44. The van der Waals surface area contributed by atoms with Gasteiger partial charge in [0.05, 0.1) is 17.6 Å². The SMILES string of the molecule is COc1cc2ncnc(Cl)c2cc1Cl. The van der Waals surface area contributed by atoms with Crippen LogP contribution in [0.2, 0.25) is 10.2 Å². The molecule has 0 aliphatic rings. The molecule has 0 atom stereocenters. The fraction of sp³-hybridized carbons (Fsp3) is 0.111. The number of halogens is 2. The van der Waals surface area contributed by atoms with Gasteiger partial charge in [-0.05, 0) is 6.07 Å². The van der Waals surface area contributed by atoms with Crippen LogP contribution in [0.4, 0.5) is 0 Å². The number of nitrogens with zero attached hydrogens (tertiary/aromatic N) is 2. The van der Waals surface area contributed by atoms with E-state index in [9.17, 15) is 0 Å². The molecule has 0 aliphatic carbocycles. The molecule has 0 unspecified atom stereocenters. The molecule has 0 aliphatic heterocycles. The highest BCUT2D eigenvalue weighted by Crippen LogP contribution is 2.31. The molecular formula is C9H6Cl2N2O. The van der Waals surface area contributed by atoms with Crippen LogP contribution in [0.25, 0.3) is 10.9 Å². The summed E-state index contributed by atoms with van der Waals surface area (Å²) in [6.07, 6.45) is 1.40. The molecule has 0 saturated carbocycles. The van der Waals surface area contributed by atoms with Crippen LogP contribution in [0.3, 0.4) is 0 Å². The zero-order chi connectivity index (χ0) is 10.1. The van der Waals surface area contributed by atoms with Crippen LogP contribution in [0.15, 0.2) is 18.5 Å². The highest BCUT2D eigenvalue weighted by Gasteiger charge is 2.06. The largest absolute Gasteiger partial charge is 0.495 e. The predicted octanol–water partition coefficient (Wildman–Crippen LogP) is 2.95. The van der Waals surface area contributed by atoms with Crippen molar-refractivity contribution in [1.82, 2.24) is 9.97 Å². The first-order chi connectivity index (χ1) is 6.72. The number of ether oxygens (including phenoxy) is 1. The van der Waals surface area contributed by atoms with Crippen molar-refractivity contribution in [2.24, 2.45) is 0 Å². The number of rotatable bonds is 1. The molecular weight excluding hydrogens is 223 g/mol. The molecule has 3 nitrogen and oxygen atoms in total. The first kappa shape index (κ1) is 9.49. The van der Waals surface area contributed by atoms with Crippen molar-refractivity contribution in [3.05, 3.63) is 28.6 Å². The maximum Gasteiger partial charge on any atom is 0.140 e. The van der Waals surface area contributed by atoms with Gasteiger partial charge in [0, 0.05) is 11.5 Å². The van der Waals surface area contributed by atoms with Crippen LogP contribution < -0.4 is 4.74 Å². The lowest BCUT2D eigenvalue weighted by atomic mass is 10.2. The van der Waals surface area contributed by atoms with Gasteiger partial charge in [0.15, 0.2) is 0 Å². The lowest BCUT2D eigenvalue weighted by molar-refractivity contribution is 0.415. The highest BCUT2D eigenvalue weighted by atomic mass is 35.5. The van der Waals surface area contributed by atoms with Gasteiger partial charge in [0.25, 0.3) is 0 Å². The molecule has 0 fully saturated rings. The van der Waals surface area contributed by atoms with E-state index in [0.29, 0.717) is 21.4 Å². The molecule has 0 radical (unpaired) electrons. The van der Waals surface area contributed by atoms with Gasteiger partial charge in [0.1, 0.15) is 17.2 Å². The summed E-state index contributed by atoms with van der Waals surface area (Å²) in [4.78, 5) is 7.92. The third-order valence-corrected chi connectivity index (χ3v) is 2.46. The second-order valence-corrected chi connectivity index (χ2v) is 3.43. The highest BCUT2D eigenvalue weighted by molar-refractivity contribution is 6.36. The fourth-order valence-corrected chi connectivity index (χ4v) is 1.62. The van der Waals surface area contributed by atoms with Crippen molar-refractivity contribution in [2.45, 2.75) is 0 Å². The Balaban J connectivity index is 2.79. The van der Waals surface area contributed by atoms with Crippen LogP contribution in [-0.4, -0.2) is 17.1 Å². The monoisotopic (exact) mass is 228 g/mol. The van der Waals surface area contributed by atoms with Gasteiger partial charge < -0.3 is 4.74 Å². The molecule has 0 amide bonds. The Morgan fingerprint density at radius 3 is 2.71 bits per heavy atom. The van der Waals surface area contributed by atoms with Gasteiger partial charge in [-0.25, -0.2) is 9.97 Å². The summed E-state index contributed by atoms with van der Waals surface area (Å²) in [6, 6.07) is 3.42. The lowest BCUT2D eigenvalue weighted by Crippen LogP contribution is -1.88. The number of hydrogen-bond donors (Lipinski definition) is 0. The summed E-state index contributed by atoms with van der Waals surface area (Å²) in [5.74, 6) is 0.578. The first-order valence-electron chi connectivity index (χ1n) is 3.86. The summed E-state index contributed by atoms with van der Waals surface area (Å²) in [7, 11) is 1.55. The molecule has 14 heavy (non-hydrogen) atoms. The Morgan fingerprint density at radius 2 is 2.00 bits per heavy atom. The second kappa shape index (κ2) is 3.59. The summed E-state index contributed by atoms with van der Waals surface area (Å²) < 4.78 is 5.06. The third-order valence-electron chi connectivity index (χ3n) is 1.86. The Bertz CT molecular complexity index is 487. The zero-order valence-electron chi connectivity index (χ0n) is 7.29. The molecule has 2 aromatic rings. The van der Waals surface area contributed by atoms with Gasteiger partial charge in [-0.2, -0.15) is 0 Å². The Hall–Kier alpha value is -1.06. The van der Waals surface area contributed by atoms with E-state index in [4.69, 9.17) is 27.9 Å². The Morgan fingerprint density at radius 1 is 1.21 bits per heavy atom. The molecule has 72 valence electrons. The molecule has 0 bridgehead atoms. The summed E-state index contributed by atoms with van der Waals surface area (Å²) in [5.41, 5.74) is 0.714. The van der Waals surface area contributed by atoms with Gasteiger partial charge in [-0.15, -0.1) is 0 Å². The molecule has 0 saturated heterocycles. The third kappa shape index (κ3) is 1.49. The van der Waals surface area contributed by atoms with Gasteiger partial charge in [-0.1, -0.05) is 23.2 Å². The van der Waals surface area contributed by atoms with Crippen molar-refractivity contribution in [3.8, 4) is 5.75 Å². The lowest BCUT2D eigenvalue weighted by Gasteiger charge is -2.04. The van der Waals surface area contributed by atoms with Gasteiger partial charge in [-0.3, -0.25) is 0 Å². The normalized spacial score (nSPS) is 10.5.